The van der Waals surface area contributed by atoms with Crippen molar-refractivity contribution in [3.8, 4) is 0 Å². The van der Waals surface area contributed by atoms with Crippen molar-refractivity contribution in [1.82, 2.24) is 20.1 Å². The first-order valence-electron chi connectivity index (χ1n) is 10.3. The smallest absolute Gasteiger partial charge is 0.322 e. The number of nitrogens with zero attached hydrogens (tertiary/aromatic N) is 3. The van der Waals surface area contributed by atoms with Gasteiger partial charge in [-0.05, 0) is 67.3 Å². The van der Waals surface area contributed by atoms with Crippen molar-refractivity contribution in [3.05, 3.63) is 59.4 Å². The number of amides is 3. The van der Waals surface area contributed by atoms with Gasteiger partial charge in [-0.2, -0.15) is 0 Å². The lowest BCUT2D eigenvalue weighted by atomic mass is 9.94. The number of aromatic nitrogens is 1. The lowest BCUT2D eigenvalue weighted by molar-refractivity contribution is 0.0625. The average Bonchev–Trinajstić information content (AvgIpc) is 3.48. The van der Waals surface area contributed by atoms with Gasteiger partial charge in [0, 0.05) is 49.8 Å². The molecule has 3 aliphatic heterocycles. The van der Waals surface area contributed by atoms with Crippen LogP contribution >= 0.6 is 0 Å². The van der Waals surface area contributed by atoms with Gasteiger partial charge in [-0.15, -0.1) is 0 Å². The molecule has 3 aliphatic rings. The molecule has 5 rings (SSSR count). The second kappa shape index (κ2) is 7.15. The molecule has 0 aliphatic carbocycles. The van der Waals surface area contributed by atoms with E-state index in [1.807, 2.05) is 36.5 Å². The monoisotopic (exact) mass is 391 g/mol. The first-order chi connectivity index (χ1) is 14.1. The summed E-state index contributed by atoms with van der Waals surface area (Å²) in [4.78, 5) is 33.6. The van der Waals surface area contributed by atoms with E-state index in [1.54, 1.807) is 11.1 Å². The number of rotatable bonds is 2. The molecule has 7 heteroatoms. The fraction of sp³-hybridized carbons (Fsp3) is 0.409. The summed E-state index contributed by atoms with van der Waals surface area (Å²) in [7, 11) is 0. The zero-order chi connectivity index (χ0) is 19.8. The third-order valence-corrected chi connectivity index (χ3v) is 6.46. The Bertz CT molecular complexity index is 906. The van der Waals surface area contributed by atoms with E-state index in [9.17, 15) is 9.59 Å². The first kappa shape index (κ1) is 18.1. The molecule has 0 radical (unpaired) electrons. The maximum atomic E-state index is 13.1. The van der Waals surface area contributed by atoms with Gasteiger partial charge in [-0.1, -0.05) is 0 Å². The molecular weight excluding hydrogens is 366 g/mol. The van der Waals surface area contributed by atoms with E-state index < -0.39 is 0 Å². The van der Waals surface area contributed by atoms with Crippen LogP contribution < -0.4 is 10.6 Å². The highest BCUT2D eigenvalue weighted by Crippen LogP contribution is 2.35. The van der Waals surface area contributed by atoms with Crippen LogP contribution in [0.25, 0.3) is 0 Å². The highest BCUT2D eigenvalue weighted by atomic mass is 16.2. The summed E-state index contributed by atoms with van der Waals surface area (Å²) in [6.07, 6.45) is 6.74. The zero-order valence-corrected chi connectivity index (χ0v) is 16.4. The third kappa shape index (κ3) is 3.25. The van der Waals surface area contributed by atoms with E-state index in [0.29, 0.717) is 24.3 Å². The summed E-state index contributed by atoms with van der Waals surface area (Å²) in [6, 6.07) is 9.06. The molecule has 1 atom stereocenters. The average molecular weight is 391 g/mol. The maximum Gasteiger partial charge on any atom is 0.322 e. The van der Waals surface area contributed by atoms with E-state index >= 15 is 0 Å². The number of carbonyl (C=O) groups excluding carboxylic acids is 2. The lowest BCUT2D eigenvalue weighted by Crippen LogP contribution is -2.48. The SMILES string of the molecule is O=C(Nc1ccc(C(=O)N2CCCC23CCNC3)cc1)N1Cc2ccncc2C1. The summed E-state index contributed by atoms with van der Waals surface area (Å²) >= 11 is 0. The Balaban J connectivity index is 1.24. The van der Waals surface area contributed by atoms with Gasteiger partial charge < -0.3 is 20.4 Å². The van der Waals surface area contributed by atoms with Crippen molar-refractivity contribution < 1.29 is 9.59 Å². The predicted octanol–water partition coefficient (Wildman–Crippen LogP) is 2.60. The number of hydrogen-bond acceptors (Lipinski definition) is 4. The molecule has 4 heterocycles. The molecule has 2 fully saturated rings. The van der Waals surface area contributed by atoms with Gasteiger partial charge >= 0.3 is 6.03 Å². The minimum atomic E-state index is -0.143. The Morgan fingerprint density at radius 2 is 1.90 bits per heavy atom. The number of nitrogens with one attached hydrogen (secondary N) is 2. The summed E-state index contributed by atoms with van der Waals surface area (Å²) < 4.78 is 0. The molecule has 1 aromatic carbocycles. The molecule has 1 spiro atoms. The predicted molar refractivity (Wildman–Crippen MR) is 109 cm³/mol. The summed E-state index contributed by atoms with van der Waals surface area (Å²) in [5.41, 5.74) is 3.58. The van der Waals surface area contributed by atoms with Crippen LogP contribution in [0, 0.1) is 0 Å². The van der Waals surface area contributed by atoms with E-state index in [4.69, 9.17) is 0 Å². The van der Waals surface area contributed by atoms with Gasteiger partial charge in [0.25, 0.3) is 5.91 Å². The largest absolute Gasteiger partial charge is 0.332 e. The number of anilines is 1. The van der Waals surface area contributed by atoms with Gasteiger partial charge in [0.15, 0.2) is 0 Å². The molecular formula is C22H25N5O2. The second-order valence-electron chi connectivity index (χ2n) is 8.22. The quantitative estimate of drug-likeness (QED) is 0.825. The molecule has 7 nitrogen and oxygen atoms in total. The van der Waals surface area contributed by atoms with Gasteiger partial charge in [-0.25, -0.2) is 4.79 Å². The van der Waals surface area contributed by atoms with E-state index in [-0.39, 0.29) is 17.5 Å². The normalized spacial score (nSPS) is 22.9. The number of pyridine rings is 1. The van der Waals surface area contributed by atoms with Crippen LogP contribution in [-0.4, -0.2) is 51.9 Å². The van der Waals surface area contributed by atoms with Crippen LogP contribution in [0.3, 0.4) is 0 Å². The second-order valence-corrected chi connectivity index (χ2v) is 8.22. The van der Waals surface area contributed by atoms with E-state index in [0.717, 1.165) is 50.0 Å². The Morgan fingerprint density at radius 1 is 1.07 bits per heavy atom. The van der Waals surface area contributed by atoms with Crippen molar-refractivity contribution in [1.29, 1.82) is 0 Å². The first-order valence-corrected chi connectivity index (χ1v) is 10.3. The van der Waals surface area contributed by atoms with Crippen molar-refractivity contribution in [3.63, 3.8) is 0 Å². The number of hydrogen-bond donors (Lipinski definition) is 2. The van der Waals surface area contributed by atoms with Gasteiger partial charge in [0.1, 0.15) is 0 Å². The Hall–Kier alpha value is -2.93. The number of carbonyl (C=O) groups is 2. The standard InChI is InChI=1S/C22H25N5O2/c28-20(27-11-1-7-22(27)8-10-24-15-22)16-2-4-19(5-3-16)25-21(29)26-13-17-6-9-23-12-18(17)14-26/h2-6,9,12,24H,1,7-8,10-11,13-15H2,(H,25,29). The van der Waals surface area contributed by atoms with Crippen LogP contribution in [0.5, 0.6) is 0 Å². The fourth-order valence-corrected chi connectivity index (χ4v) is 4.85. The van der Waals surface area contributed by atoms with Crippen LogP contribution in [0.2, 0.25) is 0 Å². The molecule has 2 saturated heterocycles. The van der Waals surface area contributed by atoms with E-state index in [1.165, 1.54) is 0 Å². The Kier molecular flexibility index (Phi) is 4.47. The number of benzene rings is 1. The minimum Gasteiger partial charge on any atom is -0.332 e. The summed E-state index contributed by atoms with van der Waals surface area (Å²) in [6.45, 7) is 3.84. The number of fused-ring (bicyclic) bond motifs is 1. The van der Waals surface area contributed by atoms with Gasteiger partial charge in [0.05, 0.1) is 5.54 Å². The lowest BCUT2D eigenvalue weighted by Gasteiger charge is -2.34. The van der Waals surface area contributed by atoms with E-state index in [2.05, 4.69) is 20.5 Å². The highest BCUT2D eigenvalue weighted by Gasteiger charge is 2.45. The Morgan fingerprint density at radius 3 is 2.66 bits per heavy atom. The molecule has 2 N–H and O–H groups in total. The molecule has 2 aromatic rings. The number of likely N-dealkylation sites (tertiary alicyclic amines) is 1. The van der Waals surface area contributed by atoms with Crippen molar-refractivity contribution in [2.45, 2.75) is 37.9 Å². The van der Waals surface area contributed by atoms with Crippen LogP contribution in [0.15, 0.2) is 42.7 Å². The molecule has 0 saturated carbocycles. The molecule has 150 valence electrons. The molecule has 1 aromatic heterocycles. The van der Waals surface area contributed by atoms with Crippen LogP contribution in [-0.2, 0) is 13.1 Å². The minimum absolute atomic E-state index is 0.0103. The highest BCUT2D eigenvalue weighted by molar-refractivity contribution is 5.96. The van der Waals surface area contributed by atoms with Crippen molar-refractivity contribution >= 4 is 17.6 Å². The zero-order valence-electron chi connectivity index (χ0n) is 16.4. The maximum absolute atomic E-state index is 13.1. The summed E-state index contributed by atoms with van der Waals surface area (Å²) in [5.74, 6) is 0.0894. The third-order valence-electron chi connectivity index (χ3n) is 6.46. The molecule has 3 amide bonds. The molecule has 29 heavy (non-hydrogen) atoms. The van der Waals surface area contributed by atoms with Crippen molar-refractivity contribution in [2.24, 2.45) is 0 Å². The van der Waals surface area contributed by atoms with Crippen molar-refractivity contribution in [2.75, 3.05) is 25.0 Å². The van der Waals surface area contributed by atoms with Crippen LogP contribution in [0.1, 0.15) is 40.7 Å². The van der Waals surface area contributed by atoms with Gasteiger partial charge in [-0.3, -0.25) is 9.78 Å². The fourth-order valence-electron chi connectivity index (χ4n) is 4.85. The number of urea groups is 1. The summed E-state index contributed by atoms with van der Waals surface area (Å²) in [5, 5.41) is 6.34. The van der Waals surface area contributed by atoms with Crippen LogP contribution in [0.4, 0.5) is 10.5 Å². The molecule has 1 unspecified atom stereocenters. The molecule has 0 bridgehead atoms. The van der Waals surface area contributed by atoms with Gasteiger partial charge in [0.2, 0.25) is 0 Å². The Labute approximate surface area is 170 Å². The topological polar surface area (TPSA) is 77.6 Å².